The topological polar surface area (TPSA) is 125 Å². The lowest BCUT2D eigenvalue weighted by Gasteiger charge is -2.05. The summed E-state index contributed by atoms with van der Waals surface area (Å²) in [5, 5.41) is 11.1. The number of nitrogen functional groups attached to an aromatic ring is 1. The van der Waals surface area contributed by atoms with Crippen molar-refractivity contribution in [3.8, 4) is 0 Å². The number of carbonyl (C=O) groups excluding carboxylic acids is 2. The summed E-state index contributed by atoms with van der Waals surface area (Å²) in [5.41, 5.74) is 0.527. The largest absolute Gasteiger partial charge is 0.461 e. The number of carbonyl (C=O) groups is 2. The Morgan fingerprint density at radius 1 is 1.36 bits per heavy atom. The second kappa shape index (κ2) is 8.30. The molecule has 2 aromatic heterocycles. The van der Waals surface area contributed by atoms with E-state index in [1.807, 2.05) is 13.8 Å². The van der Waals surface area contributed by atoms with E-state index in [1.165, 1.54) is 4.68 Å². The molecule has 0 spiro atoms. The Kier molecular flexibility index (Phi) is 6.37. The predicted molar refractivity (Wildman–Crippen MR) is 96.2 cm³/mol. The summed E-state index contributed by atoms with van der Waals surface area (Å²) < 4.78 is 6.51. The van der Waals surface area contributed by atoms with E-state index in [-0.39, 0.29) is 17.6 Å². The van der Waals surface area contributed by atoms with E-state index in [4.69, 9.17) is 10.6 Å². The van der Waals surface area contributed by atoms with Gasteiger partial charge in [-0.1, -0.05) is 36.9 Å². The van der Waals surface area contributed by atoms with Crippen LogP contribution in [0.2, 0.25) is 0 Å². The highest BCUT2D eigenvalue weighted by molar-refractivity contribution is 7.99. The van der Waals surface area contributed by atoms with Gasteiger partial charge in [0.1, 0.15) is 10.7 Å². The summed E-state index contributed by atoms with van der Waals surface area (Å²) >= 11 is 2.25. The highest BCUT2D eigenvalue weighted by atomic mass is 32.2. The van der Waals surface area contributed by atoms with Crippen molar-refractivity contribution in [1.82, 2.24) is 19.9 Å². The summed E-state index contributed by atoms with van der Waals surface area (Å²) in [6.45, 7) is 7.68. The normalized spacial score (nSPS) is 10.9. The molecule has 0 aliphatic carbocycles. The minimum absolute atomic E-state index is 0.0983. The molecule has 2 aromatic rings. The van der Waals surface area contributed by atoms with Crippen molar-refractivity contribution in [2.24, 2.45) is 5.92 Å². The molecule has 3 N–H and O–H groups in total. The summed E-state index contributed by atoms with van der Waals surface area (Å²) in [7, 11) is 0. The number of hydrogen-bond acceptors (Lipinski definition) is 9. The maximum absolute atomic E-state index is 12.0. The van der Waals surface area contributed by atoms with Gasteiger partial charge in [0.15, 0.2) is 5.13 Å². The first-order valence-corrected chi connectivity index (χ1v) is 9.32. The zero-order valence-corrected chi connectivity index (χ0v) is 16.0. The van der Waals surface area contributed by atoms with Crippen molar-refractivity contribution < 1.29 is 14.3 Å². The van der Waals surface area contributed by atoms with Crippen LogP contribution in [0.25, 0.3) is 0 Å². The highest BCUT2D eigenvalue weighted by Gasteiger charge is 2.18. The summed E-state index contributed by atoms with van der Waals surface area (Å²) in [4.78, 5) is 28.6. The first-order chi connectivity index (χ1) is 11.8. The van der Waals surface area contributed by atoms with Crippen molar-refractivity contribution in [2.75, 3.05) is 23.5 Å². The molecule has 0 aliphatic rings. The second-order valence-corrected chi connectivity index (χ2v) is 7.60. The molecule has 2 rings (SSSR count). The van der Waals surface area contributed by atoms with E-state index in [2.05, 4.69) is 20.5 Å². The number of esters is 1. The Morgan fingerprint density at radius 2 is 2.08 bits per heavy atom. The molecule has 2 heterocycles. The molecule has 0 unspecified atom stereocenters. The van der Waals surface area contributed by atoms with Crippen LogP contribution in [0.5, 0.6) is 0 Å². The fraction of sp³-hybridized carbons (Fsp3) is 0.500. The van der Waals surface area contributed by atoms with E-state index in [9.17, 15) is 9.59 Å². The lowest BCUT2D eigenvalue weighted by Crippen LogP contribution is -2.16. The Hall–Kier alpha value is -2.14. The molecule has 0 aromatic carbocycles. The smallest absolute Gasteiger partial charge is 0.350 e. The third-order valence-electron chi connectivity index (χ3n) is 2.94. The summed E-state index contributed by atoms with van der Waals surface area (Å²) in [6.07, 6.45) is 0. The van der Waals surface area contributed by atoms with Crippen molar-refractivity contribution in [2.45, 2.75) is 32.9 Å². The molecule has 1 amide bonds. The van der Waals surface area contributed by atoms with Crippen LogP contribution in [0.1, 0.15) is 35.0 Å². The fourth-order valence-corrected chi connectivity index (χ4v) is 3.26. The minimum atomic E-state index is -0.426. The summed E-state index contributed by atoms with van der Waals surface area (Å²) in [6, 6.07) is 0. The fourth-order valence-electron chi connectivity index (χ4n) is 1.68. The Labute approximate surface area is 153 Å². The number of hydrogen-bond donors (Lipinski definition) is 2. The lowest BCUT2D eigenvalue weighted by molar-refractivity contribution is -0.113. The van der Waals surface area contributed by atoms with E-state index >= 15 is 0 Å². The zero-order chi connectivity index (χ0) is 18.6. The van der Waals surface area contributed by atoms with Crippen molar-refractivity contribution in [3.05, 3.63) is 16.4 Å². The molecule has 0 atom stereocenters. The van der Waals surface area contributed by atoms with Crippen LogP contribution in [-0.4, -0.2) is 44.1 Å². The molecule has 0 saturated carbocycles. The average Bonchev–Trinajstić information content (AvgIpc) is 3.06. The van der Waals surface area contributed by atoms with Gasteiger partial charge in [0.2, 0.25) is 11.1 Å². The first kappa shape index (κ1) is 19.2. The van der Waals surface area contributed by atoms with Crippen LogP contribution in [-0.2, 0) is 9.53 Å². The maximum Gasteiger partial charge on any atom is 0.350 e. The SMILES string of the molecule is Cc1nc(NC(=O)CSc2nnc(C)n2N)sc1C(=O)OCC(C)C. The molecular formula is C14H20N6O3S2. The van der Waals surface area contributed by atoms with Gasteiger partial charge in [0.05, 0.1) is 18.1 Å². The van der Waals surface area contributed by atoms with Gasteiger partial charge in [0.25, 0.3) is 0 Å². The Morgan fingerprint density at radius 3 is 2.68 bits per heavy atom. The third kappa shape index (κ3) is 5.16. The molecule has 9 nitrogen and oxygen atoms in total. The molecule has 0 saturated heterocycles. The number of amides is 1. The molecule has 0 fully saturated rings. The number of ether oxygens (including phenoxy) is 1. The van der Waals surface area contributed by atoms with E-state index < -0.39 is 5.97 Å². The predicted octanol–water partition coefficient (Wildman–Crippen LogP) is 1.61. The monoisotopic (exact) mass is 384 g/mol. The van der Waals surface area contributed by atoms with Crippen LogP contribution in [0, 0.1) is 19.8 Å². The van der Waals surface area contributed by atoms with Crippen molar-refractivity contribution >= 4 is 40.1 Å². The van der Waals surface area contributed by atoms with E-state index in [0.717, 1.165) is 23.1 Å². The highest BCUT2D eigenvalue weighted by Crippen LogP contribution is 2.24. The maximum atomic E-state index is 12.0. The minimum Gasteiger partial charge on any atom is -0.461 e. The number of aryl methyl sites for hydroxylation is 2. The van der Waals surface area contributed by atoms with E-state index in [0.29, 0.717) is 33.3 Å². The number of nitrogens with one attached hydrogen (secondary N) is 1. The number of thiazole rings is 1. The molecule has 11 heteroatoms. The molecular weight excluding hydrogens is 364 g/mol. The standard InChI is InChI=1S/C14H20N6O3S2/c1-7(2)5-23-12(22)11-8(3)16-13(25-11)17-10(21)6-24-14-19-18-9(4)20(14)15/h7H,5-6,15H2,1-4H3,(H,16,17,21). The molecule has 0 radical (unpaired) electrons. The van der Waals surface area contributed by atoms with Crippen molar-refractivity contribution in [1.29, 1.82) is 0 Å². The van der Waals surface area contributed by atoms with E-state index in [1.54, 1.807) is 13.8 Å². The van der Waals surface area contributed by atoms with Gasteiger partial charge >= 0.3 is 5.97 Å². The van der Waals surface area contributed by atoms with Gasteiger partial charge in [-0.15, -0.1) is 10.2 Å². The number of rotatable bonds is 7. The average molecular weight is 384 g/mol. The molecule has 0 bridgehead atoms. The Balaban J connectivity index is 1.91. The van der Waals surface area contributed by atoms with Crippen LogP contribution < -0.4 is 11.2 Å². The van der Waals surface area contributed by atoms with Crippen molar-refractivity contribution in [3.63, 3.8) is 0 Å². The number of thioether (sulfide) groups is 1. The van der Waals surface area contributed by atoms with Crippen LogP contribution in [0.15, 0.2) is 5.16 Å². The van der Waals surface area contributed by atoms with Gasteiger partial charge in [-0.25, -0.2) is 14.5 Å². The number of nitrogens with zero attached hydrogens (tertiary/aromatic N) is 4. The van der Waals surface area contributed by atoms with Crippen LogP contribution in [0.4, 0.5) is 5.13 Å². The Bertz CT molecular complexity index is 771. The molecule has 136 valence electrons. The number of anilines is 1. The quantitative estimate of drug-likeness (QED) is 0.419. The summed E-state index contributed by atoms with van der Waals surface area (Å²) in [5.74, 6) is 5.93. The van der Waals surface area contributed by atoms with Crippen LogP contribution in [0.3, 0.4) is 0 Å². The van der Waals surface area contributed by atoms with Gasteiger partial charge in [-0.2, -0.15) is 0 Å². The lowest BCUT2D eigenvalue weighted by atomic mass is 10.2. The zero-order valence-electron chi connectivity index (χ0n) is 14.4. The second-order valence-electron chi connectivity index (χ2n) is 5.66. The molecule has 0 aliphatic heterocycles. The van der Waals surface area contributed by atoms with Gasteiger partial charge in [-0.05, 0) is 19.8 Å². The molecule has 25 heavy (non-hydrogen) atoms. The van der Waals surface area contributed by atoms with Gasteiger partial charge in [0, 0.05) is 0 Å². The number of aromatic nitrogens is 4. The van der Waals surface area contributed by atoms with Gasteiger partial charge < -0.3 is 15.9 Å². The number of nitrogens with two attached hydrogens (primary N) is 1. The first-order valence-electron chi connectivity index (χ1n) is 7.52. The van der Waals surface area contributed by atoms with Crippen LogP contribution >= 0.6 is 23.1 Å². The third-order valence-corrected chi connectivity index (χ3v) is 4.94. The van der Waals surface area contributed by atoms with Gasteiger partial charge in [-0.3, -0.25) is 4.79 Å².